The monoisotopic (exact) mass is 276 g/mol. The Bertz CT molecular complexity index is 450. The molecule has 1 unspecified atom stereocenters. The Morgan fingerprint density at radius 3 is 2.85 bits per heavy atom. The highest BCUT2D eigenvalue weighted by Gasteiger charge is 2.31. The topological polar surface area (TPSA) is 44.5 Å². The lowest BCUT2D eigenvalue weighted by molar-refractivity contribution is 0.260. The summed E-state index contributed by atoms with van der Waals surface area (Å²) in [5.74, 6) is 0. The van der Waals surface area contributed by atoms with Gasteiger partial charge in [-0.1, -0.05) is 0 Å². The molecule has 4 rings (SSSR count). The molecule has 1 atom stereocenters. The van der Waals surface area contributed by atoms with E-state index in [1.54, 1.807) is 0 Å². The highest BCUT2D eigenvalue weighted by molar-refractivity contribution is 5.30. The average Bonchev–Trinajstić information content (AvgIpc) is 2.96. The number of likely N-dealkylation sites (tertiary alicyclic amines) is 1. The number of hydrogen-bond donors (Lipinski definition) is 1. The van der Waals surface area contributed by atoms with Crippen LogP contribution in [0.2, 0.25) is 0 Å². The number of nitrogens with zero attached hydrogens (tertiary/aromatic N) is 3. The van der Waals surface area contributed by atoms with Gasteiger partial charge in [-0.25, -0.2) is 0 Å². The minimum Gasteiger partial charge on any atom is -0.432 e. The molecule has 0 aromatic carbocycles. The van der Waals surface area contributed by atoms with Crippen LogP contribution in [0.3, 0.4) is 0 Å². The zero-order chi connectivity index (χ0) is 13.4. The molecule has 2 saturated heterocycles. The van der Waals surface area contributed by atoms with Gasteiger partial charge in [0.25, 0.3) is 6.01 Å². The quantitative estimate of drug-likeness (QED) is 0.885. The number of aromatic nitrogens is 1. The molecule has 110 valence electrons. The Morgan fingerprint density at radius 2 is 2.05 bits per heavy atom. The summed E-state index contributed by atoms with van der Waals surface area (Å²) in [6, 6.07) is 2.25. The molecule has 1 aliphatic carbocycles. The van der Waals surface area contributed by atoms with Crippen molar-refractivity contribution < 1.29 is 4.42 Å². The van der Waals surface area contributed by atoms with Crippen LogP contribution in [0.15, 0.2) is 10.7 Å². The zero-order valence-electron chi connectivity index (χ0n) is 12.1. The molecule has 1 aromatic rings. The lowest BCUT2D eigenvalue weighted by atomic mass is 10.2. The van der Waals surface area contributed by atoms with Crippen molar-refractivity contribution in [3.05, 3.63) is 12.0 Å². The van der Waals surface area contributed by atoms with E-state index in [1.807, 2.05) is 6.26 Å². The Morgan fingerprint density at radius 1 is 1.20 bits per heavy atom. The molecule has 0 spiro atoms. The molecule has 5 heteroatoms. The summed E-state index contributed by atoms with van der Waals surface area (Å²) in [5, 5.41) is 3.48. The van der Waals surface area contributed by atoms with Gasteiger partial charge in [-0.05, 0) is 45.2 Å². The van der Waals surface area contributed by atoms with E-state index >= 15 is 0 Å². The number of anilines is 1. The first-order chi connectivity index (χ1) is 9.88. The van der Waals surface area contributed by atoms with Gasteiger partial charge in [0.15, 0.2) is 0 Å². The largest absolute Gasteiger partial charge is 0.432 e. The summed E-state index contributed by atoms with van der Waals surface area (Å²) < 4.78 is 5.67. The lowest BCUT2D eigenvalue weighted by Crippen LogP contribution is -2.35. The Balaban J connectivity index is 1.33. The maximum absolute atomic E-state index is 5.67. The summed E-state index contributed by atoms with van der Waals surface area (Å²) in [5.41, 5.74) is 1.04. The van der Waals surface area contributed by atoms with Crippen molar-refractivity contribution in [1.29, 1.82) is 0 Å². The predicted molar refractivity (Wildman–Crippen MR) is 77.8 cm³/mol. The van der Waals surface area contributed by atoms with E-state index in [1.165, 1.54) is 45.2 Å². The molecular formula is C15H24N4O. The first kappa shape index (κ1) is 12.7. The summed E-state index contributed by atoms with van der Waals surface area (Å²) in [7, 11) is 0. The summed E-state index contributed by atoms with van der Waals surface area (Å²) in [6.07, 6.45) is 8.42. The molecular weight excluding hydrogens is 252 g/mol. The molecule has 3 heterocycles. The molecule has 1 N–H and O–H groups in total. The third-order valence-corrected chi connectivity index (χ3v) is 4.78. The third-order valence-electron chi connectivity index (χ3n) is 4.78. The maximum atomic E-state index is 5.67. The SMILES string of the molecule is c1oc(N2CCC(N3CCCC3)C2)nc1CNC1CC1. The Labute approximate surface area is 120 Å². The van der Waals surface area contributed by atoms with Crippen LogP contribution in [0, 0.1) is 0 Å². The van der Waals surface area contributed by atoms with Crippen LogP contribution in [0.25, 0.3) is 0 Å². The van der Waals surface area contributed by atoms with Gasteiger partial charge in [-0.2, -0.15) is 4.98 Å². The van der Waals surface area contributed by atoms with Crippen LogP contribution in [-0.2, 0) is 6.54 Å². The van der Waals surface area contributed by atoms with Gasteiger partial charge in [0, 0.05) is 31.7 Å². The van der Waals surface area contributed by atoms with Crippen molar-refractivity contribution in [2.45, 2.75) is 50.7 Å². The highest BCUT2D eigenvalue weighted by Crippen LogP contribution is 2.25. The minimum atomic E-state index is 0.706. The van der Waals surface area contributed by atoms with Crippen molar-refractivity contribution in [3.63, 3.8) is 0 Å². The normalized spacial score (nSPS) is 27.6. The molecule has 5 nitrogen and oxygen atoms in total. The van der Waals surface area contributed by atoms with Crippen LogP contribution >= 0.6 is 0 Å². The van der Waals surface area contributed by atoms with E-state index < -0.39 is 0 Å². The van der Waals surface area contributed by atoms with Gasteiger partial charge in [0.2, 0.25) is 0 Å². The number of nitrogens with one attached hydrogen (secondary N) is 1. The average molecular weight is 276 g/mol. The fourth-order valence-corrected chi connectivity index (χ4v) is 3.38. The maximum Gasteiger partial charge on any atom is 0.297 e. The van der Waals surface area contributed by atoms with Crippen LogP contribution in [0.5, 0.6) is 0 Å². The summed E-state index contributed by atoms with van der Waals surface area (Å²) >= 11 is 0. The first-order valence-corrected chi connectivity index (χ1v) is 8.05. The van der Waals surface area contributed by atoms with Crippen molar-refractivity contribution in [2.75, 3.05) is 31.1 Å². The number of hydrogen-bond acceptors (Lipinski definition) is 5. The minimum absolute atomic E-state index is 0.706. The molecule has 3 fully saturated rings. The van der Waals surface area contributed by atoms with E-state index in [-0.39, 0.29) is 0 Å². The Hall–Kier alpha value is -1.07. The molecule has 20 heavy (non-hydrogen) atoms. The molecule has 0 bridgehead atoms. The lowest BCUT2D eigenvalue weighted by Gasteiger charge is -2.23. The van der Waals surface area contributed by atoms with Crippen LogP contribution in [-0.4, -0.2) is 48.1 Å². The molecule has 0 amide bonds. The summed E-state index contributed by atoms with van der Waals surface area (Å²) in [4.78, 5) is 9.58. The standard InChI is InChI=1S/C15H24N4O/c1-2-7-18(6-1)14-5-8-19(10-14)15-17-13(11-20-15)9-16-12-3-4-12/h11-12,14,16H,1-10H2. The fraction of sp³-hybridized carbons (Fsp3) is 0.800. The summed E-state index contributed by atoms with van der Waals surface area (Å²) in [6.45, 7) is 5.56. The van der Waals surface area contributed by atoms with E-state index in [4.69, 9.17) is 4.42 Å². The smallest absolute Gasteiger partial charge is 0.297 e. The second-order valence-electron chi connectivity index (χ2n) is 6.41. The van der Waals surface area contributed by atoms with Crippen molar-refractivity contribution >= 4 is 6.01 Å². The van der Waals surface area contributed by atoms with E-state index in [9.17, 15) is 0 Å². The fourth-order valence-electron chi connectivity index (χ4n) is 3.38. The second kappa shape index (κ2) is 5.37. The molecule has 3 aliphatic rings. The van der Waals surface area contributed by atoms with E-state index in [0.29, 0.717) is 6.04 Å². The Kier molecular flexibility index (Phi) is 3.40. The number of rotatable bonds is 5. The number of oxazole rings is 1. The van der Waals surface area contributed by atoms with Gasteiger partial charge in [-0.3, -0.25) is 4.90 Å². The third kappa shape index (κ3) is 2.69. The van der Waals surface area contributed by atoms with Crippen molar-refractivity contribution in [1.82, 2.24) is 15.2 Å². The molecule has 1 aromatic heterocycles. The zero-order valence-corrected chi connectivity index (χ0v) is 12.1. The van der Waals surface area contributed by atoms with Crippen molar-refractivity contribution in [2.24, 2.45) is 0 Å². The van der Waals surface area contributed by atoms with Crippen LogP contribution in [0.4, 0.5) is 6.01 Å². The van der Waals surface area contributed by atoms with E-state index in [2.05, 4.69) is 20.1 Å². The van der Waals surface area contributed by atoms with Gasteiger partial charge in [0.05, 0.1) is 5.69 Å². The van der Waals surface area contributed by atoms with Gasteiger partial charge in [0.1, 0.15) is 6.26 Å². The predicted octanol–water partition coefficient (Wildman–Crippen LogP) is 1.60. The van der Waals surface area contributed by atoms with Crippen molar-refractivity contribution in [3.8, 4) is 0 Å². The molecule has 0 radical (unpaired) electrons. The second-order valence-corrected chi connectivity index (χ2v) is 6.41. The molecule has 2 aliphatic heterocycles. The van der Waals surface area contributed by atoms with Crippen LogP contribution in [0.1, 0.15) is 37.8 Å². The first-order valence-electron chi connectivity index (χ1n) is 8.05. The van der Waals surface area contributed by atoms with Gasteiger partial charge in [-0.15, -0.1) is 0 Å². The van der Waals surface area contributed by atoms with Crippen LogP contribution < -0.4 is 10.2 Å². The highest BCUT2D eigenvalue weighted by atomic mass is 16.4. The van der Waals surface area contributed by atoms with E-state index in [0.717, 1.165) is 37.4 Å². The van der Waals surface area contributed by atoms with Gasteiger partial charge < -0.3 is 14.6 Å². The van der Waals surface area contributed by atoms with Gasteiger partial charge >= 0.3 is 0 Å². The molecule has 1 saturated carbocycles.